The average molecular weight is 282 g/mol. The van der Waals surface area contributed by atoms with E-state index in [9.17, 15) is 10.1 Å². The molecule has 0 aliphatic heterocycles. The summed E-state index contributed by atoms with van der Waals surface area (Å²) < 4.78 is 5.47. The highest BCUT2D eigenvalue weighted by Crippen LogP contribution is 2.36. The van der Waals surface area contributed by atoms with Gasteiger partial charge in [-0.05, 0) is 26.2 Å². The maximum Gasteiger partial charge on any atom is 0.332 e. The molecule has 1 aliphatic rings. The van der Waals surface area contributed by atoms with Crippen molar-refractivity contribution in [2.75, 3.05) is 24.4 Å². The molecule has 4 N–H and O–H groups in total. The maximum atomic E-state index is 11.1. The molecule has 110 valence electrons. The van der Waals surface area contributed by atoms with Crippen LogP contribution in [0.2, 0.25) is 0 Å². The zero-order chi connectivity index (χ0) is 14.8. The Balaban J connectivity index is 2.24. The molecule has 9 heteroatoms. The van der Waals surface area contributed by atoms with E-state index in [1.807, 2.05) is 0 Å². The molecule has 0 aromatic carbocycles. The minimum Gasteiger partial charge on any atom is -0.376 e. The van der Waals surface area contributed by atoms with E-state index in [1.54, 1.807) is 14.0 Å². The molecule has 20 heavy (non-hydrogen) atoms. The molecule has 0 amide bonds. The summed E-state index contributed by atoms with van der Waals surface area (Å²) in [7, 11) is 1.65. The topological polar surface area (TPSA) is 128 Å². The molecule has 0 unspecified atom stereocenters. The summed E-state index contributed by atoms with van der Waals surface area (Å²) in [5.41, 5.74) is 2.14. The Kier molecular flexibility index (Phi) is 4.00. The number of methoxy groups -OCH3 is 1. The molecule has 1 heterocycles. The van der Waals surface area contributed by atoms with Gasteiger partial charge in [-0.2, -0.15) is 4.98 Å². The van der Waals surface area contributed by atoms with Gasteiger partial charge in [-0.25, -0.2) is 10.8 Å². The Morgan fingerprint density at radius 1 is 1.50 bits per heavy atom. The van der Waals surface area contributed by atoms with Crippen molar-refractivity contribution in [1.82, 2.24) is 9.97 Å². The number of hydrazine groups is 1. The van der Waals surface area contributed by atoms with E-state index >= 15 is 0 Å². The second-order valence-corrected chi connectivity index (χ2v) is 4.83. The van der Waals surface area contributed by atoms with Crippen LogP contribution in [0, 0.1) is 17.0 Å². The van der Waals surface area contributed by atoms with Crippen molar-refractivity contribution in [3.8, 4) is 0 Å². The number of nitrogens with two attached hydrogens (primary N) is 1. The standard InChI is InChI=1S/C11H18N6O3/c1-7-8(17(18)19)9(15-10(14-7)16-12)13-6-11(20-2)4-3-5-11/h3-6,12H2,1-2H3,(H2,13,14,15,16). The average Bonchev–Trinajstić information content (AvgIpc) is 2.36. The van der Waals surface area contributed by atoms with Gasteiger partial charge in [-0.3, -0.25) is 15.5 Å². The fraction of sp³-hybridized carbons (Fsp3) is 0.636. The molecule has 0 bridgehead atoms. The molecule has 0 radical (unpaired) electrons. The van der Waals surface area contributed by atoms with Crippen molar-refractivity contribution in [3.63, 3.8) is 0 Å². The van der Waals surface area contributed by atoms with Crippen LogP contribution in [-0.2, 0) is 4.74 Å². The molecule has 1 aromatic rings. The van der Waals surface area contributed by atoms with Gasteiger partial charge >= 0.3 is 5.69 Å². The van der Waals surface area contributed by atoms with Crippen LogP contribution in [0.4, 0.5) is 17.5 Å². The Morgan fingerprint density at radius 3 is 2.65 bits per heavy atom. The minimum absolute atomic E-state index is 0.135. The third-order valence-corrected chi connectivity index (χ3v) is 3.65. The zero-order valence-corrected chi connectivity index (χ0v) is 11.5. The third-order valence-electron chi connectivity index (χ3n) is 3.65. The number of hydrogen-bond donors (Lipinski definition) is 3. The predicted octanol–water partition coefficient (Wildman–Crippen LogP) is 0.960. The van der Waals surface area contributed by atoms with Crippen molar-refractivity contribution in [2.24, 2.45) is 5.84 Å². The smallest absolute Gasteiger partial charge is 0.332 e. The predicted molar refractivity (Wildman–Crippen MR) is 73.3 cm³/mol. The maximum absolute atomic E-state index is 11.1. The number of aromatic nitrogens is 2. The first-order valence-electron chi connectivity index (χ1n) is 6.30. The van der Waals surface area contributed by atoms with Crippen LogP contribution in [0.25, 0.3) is 0 Å². The van der Waals surface area contributed by atoms with E-state index < -0.39 is 4.92 Å². The zero-order valence-electron chi connectivity index (χ0n) is 11.5. The first kappa shape index (κ1) is 14.4. The molecule has 1 aliphatic carbocycles. The van der Waals surface area contributed by atoms with Crippen molar-refractivity contribution in [1.29, 1.82) is 0 Å². The van der Waals surface area contributed by atoms with Crippen LogP contribution in [0.5, 0.6) is 0 Å². The summed E-state index contributed by atoms with van der Waals surface area (Å²) in [6.45, 7) is 2.01. The highest BCUT2D eigenvalue weighted by atomic mass is 16.6. The van der Waals surface area contributed by atoms with Gasteiger partial charge in [-0.15, -0.1) is 0 Å². The van der Waals surface area contributed by atoms with E-state index in [-0.39, 0.29) is 28.7 Å². The lowest BCUT2D eigenvalue weighted by Crippen LogP contribution is -2.45. The molecule has 2 rings (SSSR count). The summed E-state index contributed by atoms with van der Waals surface area (Å²) in [5, 5.41) is 14.1. The van der Waals surface area contributed by atoms with Crippen LogP contribution in [0.3, 0.4) is 0 Å². The second kappa shape index (κ2) is 5.55. The highest BCUT2D eigenvalue weighted by Gasteiger charge is 2.37. The molecular formula is C11H18N6O3. The number of nitrogen functional groups attached to an aromatic ring is 1. The number of ether oxygens (including phenoxy) is 1. The fourth-order valence-corrected chi connectivity index (χ4v) is 2.24. The Bertz CT molecular complexity index is 512. The summed E-state index contributed by atoms with van der Waals surface area (Å²) >= 11 is 0. The fourth-order valence-electron chi connectivity index (χ4n) is 2.24. The minimum atomic E-state index is -0.502. The van der Waals surface area contributed by atoms with Crippen molar-refractivity contribution in [2.45, 2.75) is 31.8 Å². The van der Waals surface area contributed by atoms with Gasteiger partial charge in [0, 0.05) is 13.7 Å². The van der Waals surface area contributed by atoms with Crippen LogP contribution >= 0.6 is 0 Å². The highest BCUT2D eigenvalue weighted by molar-refractivity contribution is 5.60. The summed E-state index contributed by atoms with van der Waals surface area (Å²) in [4.78, 5) is 18.5. The van der Waals surface area contributed by atoms with E-state index in [0.717, 1.165) is 19.3 Å². The SMILES string of the molecule is COC1(CNc2nc(NN)nc(C)c2[N+](=O)[O-])CCC1. The van der Waals surface area contributed by atoms with Gasteiger partial charge in [0.05, 0.1) is 10.5 Å². The number of rotatable bonds is 6. The lowest BCUT2D eigenvalue weighted by Gasteiger charge is -2.40. The lowest BCUT2D eigenvalue weighted by molar-refractivity contribution is -0.385. The van der Waals surface area contributed by atoms with E-state index in [1.165, 1.54) is 0 Å². The third kappa shape index (κ3) is 2.63. The van der Waals surface area contributed by atoms with Crippen LogP contribution in [0.15, 0.2) is 0 Å². The first-order valence-corrected chi connectivity index (χ1v) is 6.30. The monoisotopic (exact) mass is 282 g/mol. The van der Waals surface area contributed by atoms with E-state index in [4.69, 9.17) is 10.6 Å². The van der Waals surface area contributed by atoms with Gasteiger partial charge in [-0.1, -0.05) is 0 Å². The van der Waals surface area contributed by atoms with Gasteiger partial charge in [0.15, 0.2) is 0 Å². The van der Waals surface area contributed by atoms with E-state index in [2.05, 4.69) is 20.7 Å². The number of aryl methyl sites for hydroxylation is 1. The van der Waals surface area contributed by atoms with Crippen LogP contribution < -0.4 is 16.6 Å². The normalized spacial score (nSPS) is 16.4. The first-order chi connectivity index (χ1) is 9.51. The summed E-state index contributed by atoms with van der Waals surface area (Å²) in [5.74, 6) is 5.55. The summed E-state index contributed by atoms with van der Waals surface area (Å²) in [6.07, 6.45) is 2.95. The van der Waals surface area contributed by atoms with Gasteiger partial charge in [0.25, 0.3) is 0 Å². The number of anilines is 2. The molecule has 0 spiro atoms. The van der Waals surface area contributed by atoms with Crippen LogP contribution in [0.1, 0.15) is 25.0 Å². The summed E-state index contributed by atoms with van der Waals surface area (Å²) in [6, 6.07) is 0. The van der Waals surface area contributed by atoms with E-state index in [0.29, 0.717) is 6.54 Å². The number of nitrogens with zero attached hydrogens (tertiary/aromatic N) is 3. The van der Waals surface area contributed by atoms with Gasteiger partial charge < -0.3 is 10.1 Å². The van der Waals surface area contributed by atoms with Crippen LogP contribution in [-0.4, -0.2) is 34.1 Å². The number of nitrogens with one attached hydrogen (secondary N) is 2. The Labute approximate surface area is 116 Å². The largest absolute Gasteiger partial charge is 0.376 e. The molecule has 9 nitrogen and oxygen atoms in total. The Hall–Kier alpha value is -2.00. The number of nitro groups is 1. The molecule has 1 aromatic heterocycles. The second-order valence-electron chi connectivity index (χ2n) is 4.83. The number of hydrogen-bond acceptors (Lipinski definition) is 8. The Morgan fingerprint density at radius 2 is 2.20 bits per heavy atom. The van der Waals surface area contributed by atoms with Gasteiger partial charge in [0.1, 0.15) is 5.69 Å². The lowest BCUT2D eigenvalue weighted by atomic mass is 9.80. The van der Waals surface area contributed by atoms with Gasteiger partial charge in [0.2, 0.25) is 11.8 Å². The van der Waals surface area contributed by atoms with Crippen molar-refractivity contribution < 1.29 is 9.66 Å². The van der Waals surface area contributed by atoms with Crippen molar-refractivity contribution in [3.05, 3.63) is 15.8 Å². The quantitative estimate of drug-likeness (QED) is 0.400. The molecule has 0 atom stereocenters. The molecule has 1 saturated carbocycles. The molecule has 1 fully saturated rings. The van der Waals surface area contributed by atoms with Crippen molar-refractivity contribution >= 4 is 17.5 Å². The molecular weight excluding hydrogens is 264 g/mol. The molecule has 0 saturated heterocycles.